The normalized spacial score (nSPS) is 15.1. The van der Waals surface area contributed by atoms with E-state index < -0.39 is 5.97 Å². The van der Waals surface area contributed by atoms with Crippen LogP contribution in [0.15, 0.2) is 77.4 Å². The number of esters is 1. The molecule has 27 heavy (non-hydrogen) atoms. The van der Waals surface area contributed by atoms with Crippen LogP contribution in [0.25, 0.3) is 16.8 Å². The zero-order chi connectivity index (χ0) is 18.6. The Morgan fingerprint density at radius 2 is 1.85 bits per heavy atom. The summed E-state index contributed by atoms with van der Waals surface area (Å²) in [6, 6.07) is 21.4. The molecular formula is C23H19NO3. The molecule has 0 radical (unpaired) electrons. The first-order valence-corrected chi connectivity index (χ1v) is 8.98. The zero-order valence-electron chi connectivity index (χ0n) is 15.0. The molecular weight excluding hydrogens is 338 g/mol. The van der Waals surface area contributed by atoms with Crippen molar-refractivity contribution >= 4 is 28.7 Å². The minimum Gasteiger partial charge on any atom is -0.494 e. The van der Waals surface area contributed by atoms with Gasteiger partial charge in [0.1, 0.15) is 5.75 Å². The Morgan fingerprint density at radius 3 is 2.74 bits per heavy atom. The van der Waals surface area contributed by atoms with E-state index in [1.807, 2.05) is 66.7 Å². The number of fused-ring (bicyclic) bond motifs is 1. The molecule has 1 aliphatic rings. The molecule has 0 amide bonds. The lowest BCUT2D eigenvalue weighted by Crippen LogP contribution is -2.05. The van der Waals surface area contributed by atoms with Gasteiger partial charge in [0.2, 0.25) is 5.90 Å². The molecule has 1 heterocycles. The fraction of sp³-hybridized carbons (Fsp3) is 0.130. The second-order valence-electron chi connectivity index (χ2n) is 6.28. The number of nitrogens with zero attached hydrogens (tertiary/aromatic N) is 1. The third-order valence-corrected chi connectivity index (χ3v) is 4.27. The Balaban J connectivity index is 1.68. The Kier molecular flexibility index (Phi) is 4.71. The number of hydrogen-bond donors (Lipinski definition) is 0. The van der Waals surface area contributed by atoms with Crippen molar-refractivity contribution in [2.75, 3.05) is 6.61 Å². The van der Waals surface area contributed by atoms with Crippen molar-refractivity contribution in [3.63, 3.8) is 0 Å². The average molecular weight is 357 g/mol. The minimum atomic E-state index is -0.446. The van der Waals surface area contributed by atoms with Crippen molar-refractivity contribution in [3.05, 3.63) is 83.6 Å². The predicted molar refractivity (Wildman–Crippen MR) is 107 cm³/mol. The molecule has 4 nitrogen and oxygen atoms in total. The summed E-state index contributed by atoms with van der Waals surface area (Å²) >= 11 is 0. The third-order valence-electron chi connectivity index (χ3n) is 4.27. The van der Waals surface area contributed by atoms with Crippen LogP contribution in [0.1, 0.15) is 24.5 Å². The quantitative estimate of drug-likeness (QED) is 0.478. The van der Waals surface area contributed by atoms with Crippen molar-refractivity contribution in [3.8, 4) is 5.75 Å². The fourth-order valence-electron chi connectivity index (χ4n) is 3.01. The van der Waals surface area contributed by atoms with E-state index in [1.54, 1.807) is 6.08 Å². The monoisotopic (exact) mass is 357 g/mol. The lowest BCUT2D eigenvalue weighted by atomic mass is 10.0. The SMILES string of the molecule is CCCOc1cccc(/C=C2/N=C(c3cccc4ccccc34)OC2=O)c1. The molecule has 1 aliphatic heterocycles. The van der Waals surface area contributed by atoms with E-state index in [4.69, 9.17) is 9.47 Å². The van der Waals surface area contributed by atoms with Crippen LogP contribution in [-0.4, -0.2) is 18.5 Å². The summed E-state index contributed by atoms with van der Waals surface area (Å²) < 4.78 is 11.1. The van der Waals surface area contributed by atoms with Crippen LogP contribution in [-0.2, 0) is 9.53 Å². The number of cyclic esters (lactones) is 1. The molecule has 0 fully saturated rings. The molecule has 0 saturated heterocycles. The van der Waals surface area contributed by atoms with Crippen molar-refractivity contribution in [2.45, 2.75) is 13.3 Å². The van der Waals surface area contributed by atoms with E-state index in [-0.39, 0.29) is 5.70 Å². The Morgan fingerprint density at radius 1 is 1.04 bits per heavy atom. The number of benzene rings is 3. The highest BCUT2D eigenvalue weighted by molar-refractivity contribution is 6.17. The summed E-state index contributed by atoms with van der Waals surface area (Å²) in [5.74, 6) is 0.662. The first-order valence-electron chi connectivity index (χ1n) is 8.98. The van der Waals surface area contributed by atoms with Crippen LogP contribution < -0.4 is 4.74 Å². The standard InChI is InChI=1S/C23H19NO3/c1-2-13-26-18-10-5-7-16(14-18)15-21-23(25)27-22(24-21)20-12-6-9-17-8-3-4-11-19(17)20/h3-12,14-15H,2,13H2,1H3/b21-15+. The molecule has 0 bridgehead atoms. The number of aliphatic imine (C=N–C) groups is 1. The van der Waals surface area contributed by atoms with Crippen molar-refractivity contribution in [1.82, 2.24) is 0 Å². The first-order chi connectivity index (χ1) is 13.2. The van der Waals surface area contributed by atoms with Crippen molar-refractivity contribution in [1.29, 1.82) is 0 Å². The van der Waals surface area contributed by atoms with E-state index >= 15 is 0 Å². The number of carbonyl (C=O) groups is 1. The lowest BCUT2D eigenvalue weighted by molar-refractivity contribution is -0.129. The second kappa shape index (κ2) is 7.46. The highest BCUT2D eigenvalue weighted by Crippen LogP contribution is 2.25. The molecule has 0 aliphatic carbocycles. The summed E-state index contributed by atoms with van der Waals surface area (Å²) in [6.07, 6.45) is 2.66. The second-order valence-corrected chi connectivity index (χ2v) is 6.28. The van der Waals surface area contributed by atoms with Crippen LogP contribution in [0.3, 0.4) is 0 Å². The molecule has 0 N–H and O–H groups in total. The number of rotatable bonds is 5. The molecule has 3 aromatic carbocycles. The van der Waals surface area contributed by atoms with E-state index in [0.29, 0.717) is 12.5 Å². The Labute approximate surface area is 157 Å². The van der Waals surface area contributed by atoms with Gasteiger partial charge < -0.3 is 9.47 Å². The maximum Gasteiger partial charge on any atom is 0.363 e. The third kappa shape index (κ3) is 3.60. The average Bonchev–Trinajstić information content (AvgIpc) is 3.06. The predicted octanol–water partition coefficient (Wildman–Crippen LogP) is 4.97. The largest absolute Gasteiger partial charge is 0.494 e. The molecule has 3 aromatic rings. The van der Waals surface area contributed by atoms with Gasteiger partial charge in [-0.2, -0.15) is 0 Å². The summed E-state index contributed by atoms with van der Waals surface area (Å²) in [6.45, 7) is 2.72. The molecule has 4 heteroatoms. The van der Waals surface area contributed by atoms with Crippen molar-refractivity contribution < 1.29 is 14.3 Å². The first kappa shape index (κ1) is 17.0. The fourth-order valence-corrected chi connectivity index (χ4v) is 3.01. The smallest absolute Gasteiger partial charge is 0.363 e. The van der Waals surface area contributed by atoms with Gasteiger partial charge in [-0.25, -0.2) is 9.79 Å². The van der Waals surface area contributed by atoms with E-state index in [9.17, 15) is 4.79 Å². The van der Waals surface area contributed by atoms with Gasteiger partial charge in [0.25, 0.3) is 0 Å². The van der Waals surface area contributed by atoms with Gasteiger partial charge in [0.05, 0.1) is 6.61 Å². The maximum absolute atomic E-state index is 12.3. The molecule has 0 atom stereocenters. The Bertz CT molecular complexity index is 1060. The minimum absolute atomic E-state index is 0.283. The highest BCUT2D eigenvalue weighted by Gasteiger charge is 2.25. The molecule has 0 unspecified atom stereocenters. The summed E-state index contributed by atoms with van der Waals surface area (Å²) in [5.41, 5.74) is 1.94. The van der Waals surface area contributed by atoms with E-state index in [0.717, 1.165) is 34.1 Å². The van der Waals surface area contributed by atoms with Gasteiger partial charge in [-0.1, -0.05) is 55.5 Å². The van der Waals surface area contributed by atoms with Gasteiger partial charge >= 0.3 is 5.97 Å². The van der Waals surface area contributed by atoms with Gasteiger partial charge in [0.15, 0.2) is 5.70 Å². The maximum atomic E-state index is 12.3. The van der Waals surface area contributed by atoms with Crippen molar-refractivity contribution in [2.24, 2.45) is 4.99 Å². The summed E-state index contributed by atoms with van der Waals surface area (Å²) in [7, 11) is 0. The van der Waals surface area contributed by atoms with Gasteiger partial charge in [-0.05, 0) is 47.0 Å². The van der Waals surface area contributed by atoms with Gasteiger partial charge in [0, 0.05) is 5.56 Å². The topological polar surface area (TPSA) is 47.9 Å². The van der Waals surface area contributed by atoms with Gasteiger partial charge in [-0.15, -0.1) is 0 Å². The lowest BCUT2D eigenvalue weighted by Gasteiger charge is -2.04. The van der Waals surface area contributed by atoms with E-state index in [2.05, 4.69) is 11.9 Å². The van der Waals surface area contributed by atoms with Crippen LogP contribution in [0, 0.1) is 0 Å². The number of hydrogen-bond acceptors (Lipinski definition) is 4. The highest BCUT2D eigenvalue weighted by atomic mass is 16.6. The summed E-state index contributed by atoms with van der Waals surface area (Å²) in [5, 5.41) is 2.08. The van der Waals surface area contributed by atoms with Crippen LogP contribution >= 0.6 is 0 Å². The molecule has 134 valence electrons. The van der Waals surface area contributed by atoms with Crippen LogP contribution in [0.4, 0.5) is 0 Å². The summed E-state index contributed by atoms with van der Waals surface area (Å²) in [4.78, 5) is 16.8. The van der Waals surface area contributed by atoms with Crippen LogP contribution in [0.2, 0.25) is 0 Å². The van der Waals surface area contributed by atoms with Crippen LogP contribution in [0.5, 0.6) is 5.75 Å². The zero-order valence-corrected chi connectivity index (χ0v) is 15.0. The number of ether oxygens (including phenoxy) is 2. The van der Waals surface area contributed by atoms with E-state index in [1.165, 1.54) is 0 Å². The Hall–Kier alpha value is -3.40. The van der Waals surface area contributed by atoms with Gasteiger partial charge in [-0.3, -0.25) is 0 Å². The molecule has 4 rings (SSSR count). The number of carbonyl (C=O) groups excluding carboxylic acids is 1. The molecule has 0 saturated carbocycles. The molecule has 0 aromatic heterocycles. The molecule has 0 spiro atoms.